The van der Waals surface area contributed by atoms with Crippen molar-refractivity contribution in [2.24, 2.45) is 5.73 Å². The van der Waals surface area contributed by atoms with Crippen molar-refractivity contribution in [1.29, 1.82) is 0 Å². The number of alkyl halides is 3. The van der Waals surface area contributed by atoms with Crippen molar-refractivity contribution in [2.45, 2.75) is 12.6 Å². The van der Waals surface area contributed by atoms with Crippen LogP contribution in [-0.2, 0) is 0 Å². The minimum Gasteiger partial charge on any atom is -0.390 e. The highest BCUT2D eigenvalue weighted by Crippen LogP contribution is 2.34. The molecule has 0 saturated heterocycles. The van der Waals surface area contributed by atoms with E-state index >= 15 is 0 Å². The predicted molar refractivity (Wildman–Crippen MR) is 47.1 cm³/mol. The van der Waals surface area contributed by atoms with E-state index in [1.165, 1.54) is 0 Å². The lowest BCUT2D eigenvalue weighted by atomic mass is 10.2. The zero-order valence-corrected chi connectivity index (χ0v) is 7.65. The summed E-state index contributed by atoms with van der Waals surface area (Å²) >= 11 is 0.601. The Kier molecular flexibility index (Phi) is 3.00. The SMILES string of the molecule is NC(=O)c1cc(C(F)C(F)F)sc1N. The van der Waals surface area contributed by atoms with Crippen molar-refractivity contribution in [3.8, 4) is 0 Å². The van der Waals surface area contributed by atoms with Crippen molar-refractivity contribution in [3.63, 3.8) is 0 Å². The second kappa shape index (κ2) is 3.87. The van der Waals surface area contributed by atoms with E-state index in [1.807, 2.05) is 0 Å². The van der Waals surface area contributed by atoms with E-state index in [4.69, 9.17) is 11.5 Å². The Morgan fingerprint density at radius 1 is 1.43 bits per heavy atom. The van der Waals surface area contributed by atoms with Crippen molar-refractivity contribution in [2.75, 3.05) is 5.73 Å². The van der Waals surface area contributed by atoms with Crippen molar-refractivity contribution >= 4 is 22.2 Å². The minimum atomic E-state index is -3.13. The minimum absolute atomic E-state index is 0.0456. The lowest BCUT2D eigenvalue weighted by molar-refractivity contribution is 0.0514. The number of nitrogen functional groups attached to an aromatic ring is 1. The van der Waals surface area contributed by atoms with Gasteiger partial charge in [0.2, 0.25) is 0 Å². The molecule has 14 heavy (non-hydrogen) atoms. The van der Waals surface area contributed by atoms with Crippen LogP contribution in [0.25, 0.3) is 0 Å². The highest BCUT2D eigenvalue weighted by Gasteiger charge is 2.25. The summed E-state index contributed by atoms with van der Waals surface area (Å²) in [4.78, 5) is 10.4. The molecule has 0 bridgehead atoms. The van der Waals surface area contributed by atoms with Crippen LogP contribution in [0.4, 0.5) is 18.2 Å². The molecule has 0 aliphatic carbocycles. The number of carbonyl (C=O) groups is 1. The molecule has 1 aromatic rings. The van der Waals surface area contributed by atoms with Gasteiger partial charge in [0, 0.05) is 4.88 Å². The Balaban J connectivity index is 3.02. The van der Waals surface area contributed by atoms with Gasteiger partial charge < -0.3 is 11.5 Å². The first-order valence-corrected chi connectivity index (χ1v) is 4.36. The van der Waals surface area contributed by atoms with Crippen LogP contribution in [-0.4, -0.2) is 12.3 Å². The highest BCUT2D eigenvalue weighted by molar-refractivity contribution is 7.16. The molecule has 1 unspecified atom stereocenters. The number of anilines is 1. The Morgan fingerprint density at radius 3 is 2.36 bits per heavy atom. The molecule has 4 N–H and O–H groups in total. The molecule has 0 saturated carbocycles. The average Bonchev–Trinajstić information content (AvgIpc) is 2.45. The Bertz CT molecular complexity index is 353. The zero-order valence-electron chi connectivity index (χ0n) is 6.84. The maximum absolute atomic E-state index is 12.8. The van der Waals surface area contributed by atoms with E-state index in [1.54, 1.807) is 0 Å². The molecule has 1 atom stereocenters. The molecule has 0 aliphatic rings. The summed E-state index contributed by atoms with van der Waals surface area (Å²) in [6.45, 7) is 0. The average molecular weight is 224 g/mol. The molecule has 0 aliphatic heterocycles. The van der Waals surface area contributed by atoms with Crippen LogP contribution in [0.15, 0.2) is 6.07 Å². The van der Waals surface area contributed by atoms with Gasteiger partial charge in [-0.05, 0) is 6.07 Å². The molecule has 0 aromatic carbocycles. The fraction of sp³-hybridized carbons (Fsp3) is 0.286. The van der Waals surface area contributed by atoms with E-state index in [-0.39, 0.29) is 15.4 Å². The molecular weight excluding hydrogens is 217 g/mol. The van der Waals surface area contributed by atoms with Crippen LogP contribution >= 0.6 is 11.3 Å². The van der Waals surface area contributed by atoms with Crippen LogP contribution < -0.4 is 11.5 Å². The van der Waals surface area contributed by atoms with Crippen LogP contribution in [0.1, 0.15) is 21.4 Å². The molecule has 0 radical (unpaired) electrons. The van der Waals surface area contributed by atoms with E-state index in [2.05, 4.69) is 0 Å². The standard InChI is InChI=1S/C7H7F3N2OS/c8-4(5(9)10)3-1-2(6(11)13)7(12)14-3/h1,4-5H,12H2,(H2,11,13). The summed E-state index contributed by atoms with van der Waals surface area (Å²) in [6, 6.07) is 0.958. The number of primary amides is 1. The quantitative estimate of drug-likeness (QED) is 0.820. The number of amides is 1. The first-order chi connectivity index (χ1) is 6.43. The Hall–Kier alpha value is -1.24. The van der Waals surface area contributed by atoms with Gasteiger partial charge in [0.15, 0.2) is 6.17 Å². The van der Waals surface area contributed by atoms with Crippen molar-refractivity contribution in [1.82, 2.24) is 0 Å². The molecule has 1 aromatic heterocycles. The molecule has 1 rings (SSSR count). The zero-order chi connectivity index (χ0) is 10.9. The maximum Gasteiger partial charge on any atom is 0.274 e. The number of hydrogen-bond acceptors (Lipinski definition) is 3. The molecule has 78 valence electrons. The maximum atomic E-state index is 12.8. The van der Waals surface area contributed by atoms with Crippen molar-refractivity contribution < 1.29 is 18.0 Å². The summed E-state index contributed by atoms with van der Waals surface area (Å²) in [6.07, 6.45) is -5.55. The van der Waals surface area contributed by atoms with Crippen LogP contribution in [0, 0.1) is 0 Å². The largest absolute Gasteiger partial charge is 0.390 e. The van der Waals surface area contributed by atoms with Gasteiger partial charge in [-0.25, -0.2) is 13.2 Å². The molecule has 0 fully saturated rings. The van der Waals surface area contributed by atoms with Crippen LogP contribution in [0.2, 0.25) is 0 Å². The first-order valence-electron chi connectivity index (χ1n) is 3.54. The van der Waals surface area contributed by atoms with Gasteiger partial charge in [-0.1, -0.05) is 0 Å². The van der Waals surface area contributed by atoms with E-state index in [9.17, 15) is 18.0 Å². The van der Waals surface area contributed by atoms with Gasteiger partial charge in [-0.15, -0.1) is 11.3 Å². The summed E-state index contributed by atoms with van der Waals surface area (Å²) < 4.78 is 36.6. The van der Waals surface area contributed by atoms with Crippen molar-refractivity contribution in [3.05, 3.63) is 16.5 Å². The molecule has 1 amide bonds. The Labute approximate surface area is 81.5 Å². The number of halogens is 3. The fourth-order valence-electron chi connectivity index (χ4n) is 0.877. The van der Waals surface area contributed by atoms with Gasteiger partial charge >= 0.3 is 0 Å². The second-order valence-electron chi connectivity index (χ2n) is 2.53. The highest BCUT2D eigenvalue weighted by atomic mass is 32.1. The van der Waals surface area contributed by atoms with E-state index in [0.29, 0.717) is 11.3 Å². The predicted octanol–water partition coefficient (Wildman–Crippen LogP) is 1.70. The van der Waals surface area contributed by atoms with Crippen LogP contribution in [0.5, 0.6) is 0 Å². The molecule has 3 nitrogen and oxygen atoms in total. The third-order valence-corrected chi connectivity index (χ3v) is 2.56. The topological polar surface area (TPSA) is 69.1 Å². The van der Waals surface area contributed by atoms with E-state index in [0.717, 1.165) is 6.07 Å². The van der Waals surface area contributed by atoms with Gasteiger partial charge in [0.25, 0.3) is 12.3 Å². The summed E-state index contributed by atoms with van der Waals surface area (Å²) in [5.74, 6) is -0.855. The lowest BCUT2D eigenvalue weighted by Crippen LogP contribution is -2.11. The second-order valence-corrected chi connectivity index (χ2v) is 3.64. The number of thiophene rings is 1. The van der Waals surface area contributed by atoms with Gasteiger partial charge in [0.1, 0.15) is 0 Å². The normalized spacial score (nSPS) is 13.1. The van der Waals surface area contributed by atoms with Gasteiger partial charge in [-0.2, -0.15) is 0 Å². The molecule has 0 spiro atoms. The fourth-order valence-corrected chi connectivity index (χ4v) is 1.79. The monoisotopic (exact) mass is 224 g/mol. The molecular formula is C7H7F3N2OS. The van der Waals surface area contributed by atoms with E-state index < -0.39 is 18.5 Å². The number of carbonyl (C=O) groups excluding carboxylic acids is 1. The smallest absolute Gasteiger partial charge is 0.274 e. The summed E-state index contributed by atoms with van der Waals surface area (Å²) in [7, 11) is 0. The Morgan fingerprint density at radius 2 is 2.00 bits per heavy atom. The first kappa shape index (κ1) is 10.8. The van der Waals surface area contributed by atoms with Gasteiger partial charge in [0.05, 0.1) is 10.6 Å². The summed E-state index contributed by atoms with van der Waals surface area (Å²) in [5.41, 5.74) is 10.1. The third-order valence-electron chi connectivity index (χ3n) is 1.54. The van der Waals surface area contributed by atoms with Gasteiger partial charge in [-0.3, -0.25) is 4.79 Å². The van der Waals surface area contributed by atoms with Crippen LogP contribution in [0.3, 0.4) is 0 Å². The number of nitrogens with two attached hydrogens (primary N) is 2. The molecule has 1 heterocycles. The number of hydrogen-bond donors (Lipinski definition) is 2. The lowest BCUT2D eigenvalue weighted by Gasteiger charge is -2.01. The third kappa shape index (κ3) is 1.98. The summed E-state index contributed by atoms with van der Waals surface area (Å²) in [5, 5.41) is -0.0456. The molecule has 7 heteroatoms. The number of rotatable bonds is 3.